The molecule has 0 N–H and O–H groups in total. The number of carbonyl (C=O) groups is 2. The lowest BCUT2D eigenvalue weighted by Crippen LogP contribution is -2.48. The van der Waals surface area contributed by atoms with Crippen molar-refractivity contribution in [2.75, 3.05) is 20.1 Å². The zero-order chi connectivity index (χ0) is 21.8. The number of nitrogens with zero attached hydrogens (tertiary/aromatic N) is 4. The van der Waals surface area contributed by atoms with Crippen LogP contribution in [0.1, 0.15) is 44.1 Å². The zero-order valence-corrected chi connectivity index (χ0v) is 19.4. The van der Waals surface area contributed by atoms with Crippen LogP contribution in [0.15, 0.2) is 47.2 Å². The summed E-state index contributed by atoms with van der Waals surface area (Å²) in [5, 5.41) is 7.81. The van der Waals surface area contributed by atoms with Crippen LogP contribution in [0.5, 0.6) is 0 Å². The highest BCUT2D eigenvalue weighted by Crippen LogP contribution is 2.29. The van der Waals surface area contributed by atoms with Gasteiger partial charge in [-0.15, -0.1) is 5.10 Å². The molecule has 3 aromatic rings. The third-order valence-corrected chi connectivity index (χ3v) is 7.59. The molecular formula is C23H26N4O2S2. The van der Waals surface area contributed by atoms with E-state index in [9.17, 15) is 9.59 Å². The van der Waals surface area contributed by atoms with Gasteiger partial charge in [-0.3, -0.25) is 9.59 Å². The van der Waals surface area contributed by atoms with Crippen LogP contribution >= 0.6 is 22.9 Å². The summed E-state index contributed by atoms with van der Waals surface area (Å²) in [6, 6.07) is 12.3. The number of amides is 2. The van der Waals surface area contributed by atoms with Gasteiger partial charge in [-0.1, -0.05) is 34.8 Å². The van der Waals surface area contributed by atoms with Crippen molar-refractivity contribution in [3.05, 3.63) is 68.9 Å². The highest BCUT2D eigenvalue weighted by Gasteiger charge is 2.34. The van der Waals surface area contributed by atoms with E-state index < -0.39 is 0 Å². The number of rotatable bonds is 6. The number of hydrogen-bond acceptors (Lipinski definition) is 6. The Morgan fingerprint density at radius 1 is 1.19 bits per heavy atom. The second-order valence-electron chi connectivity index (χ2n) is 8.00. The topological polar surface area (TPSA) is 66.4 Å². The van der Waals surface area contributed by atoms with E-state index in [0.29, 0.717) is 29.6 Å². The Balaban J connectivity index is 1.48. The number of carbonyl (C=O) groups excluding carboxylic acids is 2. The maximum atomic E-state index is 13.1. The molecule has 0 saturated carbocycles. The monoisotopic (exact) mass is 454 g/mol. The summed E-state index contributed by atoms with van der Waals surface area (Å²) in [6.45, 7) is 3.20. The minimum Gasteiger partial charge on any atom is -0.338 e. The van der Waals surface area contributed by atoms with Crippen LogP contribution in [0.2, 0.25) is 0 Å². The fourth-order valence-corrected chi connectivity index (χ4v) is 5.53. The lowest BCUT2D eigenvalue weighted by Gasteiger charge is -2.40. The Labute approximate surface area is 190 Å². The minimum atomic E-state index is 0.0215. The van der Waals surface area contributed by atoms with Gasteiger partial charge in [0.05, 0.1) is 11.3 Å². The summed E-state index contributed by atoms with van der Waals surface area (Å²) in [4.78, 5) is 30.4. The van der Waals surface area contributed by atoms with Gasteiger partial charge >= 0.3 is 0 Å². The van der Waals surface area contributed by atoms with Crippen molar-refractivity contribution in [1.82, 2.24) is 19.4 Å². The fraction of sp³-hybridized carbons (Fsp3) is 0.391. The van der Waals surface area contributed by atoms with Gasteiger partial charge in [0.1, 0.15) is 4.88 Å². The van der Waals surface area contributed by atoms with Gasteiger partial charge in [-0.2, -0.15) is 11.3 Å². The van der Waals surface area contributed by atoms with Crippen molar-refractivity contribution in [2.24, 2.45) is 5.92 Å². The van der Waals surface area contributed by atoms with Gasteiger partial charge in [0, 0.05) is 31.6 Å². The highest BCUT2D eigenvalue weighted by atomic mass is 32.1. The number of piperidine rings is 1. The first kappa shape index (κ1) is 21.6. The normalized spacial score (nSPS) is 15.6. The third kappa shape index (κ3) is 4.85. The Morgan fingerprint density at radius 2 is 1.94 bits per heavy atom. The van der Waals surface area contributed by atoms with Crippen LogP contribution in [-0.2, 0) is 6.42 Å². The molecule has 6 nitrogen and oxygen atoms in total. The van der Waals surface area contributed by atoms with Gasteiger partial charge in [0.25, 0.3) is 11.8 Å². The molecular weight excluding hydrogens is 428 g/mol. The quantitative estimate of drug-likeness (QED) is 0.561. The fourth-order valence-electron chi connectivity index (χ4n) is 4.27. The number of hydrogen-bond donors (Lipinski definition) is 0. The van der Waals surface area contributed by atoms with E-state index in [2.05, 4.69) is 21.7 Å². The number of benzene rings is 1. The molecule has 1 aliphatic heterocycles. The molecule has 8 heteroatoms. The van der Waals surface area contributed by atoms with E-state index in [1.165, 1.54) is 16.9 Å². The molecule has 2 amide bonds. The van der Waals surface area contributed by atoms with Gasteiger partial charge in [-0.25, -0.2) is 0 Å². The first-order valence-electron chi connectivity index (χ1n) is 10.5. The zero-order valence-electron chi connectivity index (χ0n) is 17.7. The first-order chi connectivity index (χ1) is 15.0. The number of likely N-dealkylation sites (N-methyl/N-ethyl adjacent to an activating group) is 1. The summed E-state index contributed by atoms with van der Waals surface area (Å²) < 4.78 is 3.90. The molecule has 1 atom stereocenters. The largest absolute Gasteiger partial charge is 0.338 e. The van der Waals surface area contributed by atoms with Crippen molar-refractivity contribution in [3.8, 4) is 0 Å². The van der Waals surface area contributed by atoms with Crippen molar-refractivity contribution >= 4 is 34.7 Å². The SMILES string of the molecule is Cc1nnsc1C(=O)N1CCC([C@@H](Cc2ccccc2)N(C)C(=O)c2ccsc2)CC1. The van der Waals surface area contributed by atoms with Crippen LogP contribution in [0.25, 0.3) is 0 Å². The average Bonchev–Trinajstić information content (AvgIpc) is 3.49. The van der Waals surface area contributed by atoms with Crippen molar-refractivity contribution < 1.29 is 9.59 Å². The van der Waals surface area contributed by atoms with Crippen LogP contribution < -0.4 is 0 Å². The van der Waals surface area contributed by atoms with E-state index in [1.54, 1.807) is 0 Å². The molecule has 1 aliphatic rings. The standard InChI is InChI=1S/C23H26N4O2S2/c1-16-21(31-25-24-16)23(29)27-11-8-18(9-12-27)20(14-17-6-4-3-5-7-17)26(2)22(28)19-10-13-30-15-19/h3-7,10,13,15,18,20H,8-9,11-12,14H2,1-2H3/t20-/m1/s1. The summed E-state index contributed by atoms with van der Waals surface area (Å²) in [6.07, 6.45) is 2.55. The molecule has 0 aliphatic carbocycles. The predicted molar refractivity (Wildman–Crippen MR) is 124 cm³/mol. The van der Waals surface area contributed by atoms with Crippen LogP contribution in [0, 0.1) is 12.8 Å². The number of thiophene rings is 1. The van der Waals surface area contributed by atoms with E-state index in [4.69, 9.17) is 0 Å². The van der Waals surface area contributed by atoms with Crippen molar-refractivity contribution in [1.29, 1.82) is 0 Å². The van der Waals surface area contributed by atoms with Gasteiger partial charge in [0.15, 0.2) is 0 Å². The van der Waals surface area contributed by atoms with Crippen LogP contribution in [0.4, 0.5) is 0 Å². The first-order valence-corrected chi connectivity index (χ1v) is 12.2. The third-order valence-electron chi connectivity index (χ3n) is 6.09. The van der Waals surface area contributed by atoms with E-state index in [-0.39, 0.29) is 17.9 Å². The molecule has 0 bridgehead atoms. The summed E-state index contributed by atoms with van der Waals surface area (Å²) in [5.74, 6) is 0.415. The predicted octanol–water partition coefficient (Wildman–Crippen LogP) is 4.14. The minimum absolute atomic E-state index is 0.0215. The number of aryl methyl sites for hydroxylation is 1. The molecule has 2 aromatic heterocycles. The molecule has 0 spiro atoms. The van der Waals surface area contributed by atoms with E-state index in [0.717, 1.165) is 36.4 Å². The molecule has 3 heterocycles. The van der Waals surface area contributed by atoms with Gasteiger partial charge < -0.3 is 9.80 Å². The van der Waals surface area contributed by atoms with Gasteiger partial charge in [-0.05, 0) is 60.6 Å². The average molecular weight is 455 g/mol. The Kier molecular flexibility index (Phi) is 6.77. The molecule has 162 valence electrons. The molecule has 1 saturated heterocycles. The van der Waals surface area contributed by atoms with Crippen LogP contribution in [0.3, 0.4) is 0 Å². The summed E-state index contributed by atoms with van der Waals surface area (Å²) in [5.41, 5.74) is 2.66. The molecule has 1 fully saturated rings. The van der Waals surface area contributed by atoms with Crippen molar-refractivity contribution in [3.63, 3.8) is 0 Å². The maximum Gasteiger partial charge on any atom is 0.267 e. The second-order valence-corrected chi connectivity index (χ2v) is 9.54. The molecule has 0 radical (unpaired) electrons. The highest BCUT2D eigenvalue weighted by molar-refractivity contribution is 7.08. The Hall–Kier alpha value is -2.58. The Bertz CT molecular complexity index is 1010. The number of likely N-dealkylation sites (tertiary alicyclic amines) is 1. The maximum absolute atomic E-state index is 13.1. The van der Waals surface area contributed by atoms with Gasteiger partial charge in [0.2, 0.25) is 0 Å². The second kappa shape index (κ2) is 9.70. The summed E-state index contributed by atoms with van der Waals surface area (Å²) in [7, 11) is 1.91. The summed E-state index contributed by atoms with van der Waals surface area (Å²) >= 11 is 2.70. The molecule has 4 rings (SSSR count). The van der Waals surface area contributed by atoms with E-state index in [1.807, 2.05) is 58.8 Å². The molecule has 1 aromatic carbocycles. The molecule has 31 heavy (non-hydrogen) atoms. The Morgan fingerprint density at radius 3 is 2.55 bits per heavy atom. The van der Waals surface area contributed by atoms with Crippen molar-refractivity contribution in [2.45, 2.75) is 32.2 Å². The lowest BCUT2D eigenvalue weighted by molar-refractivity contribution is 0.0524. The molecule has 0 unspecified atom stereocenters. The van der Waals surface area contributed by atoms with E-state index >= 15 is 0 Å². The van der Waals surface area contributed by atoms with Crippen LogP contribution in [-0.4, -0.2) is 57.4 Å². The smallest absolute Gasteiger partial charge is 0.267 e. The lowest BCUT2D eigenvalue weighted by atomic mass is 9.84. The number of aromatic nitrogens is 2.